The summed E-state index contributed by atoms with van der Waals surface area (Å²) in [6, 6.07) is 10.3. The normalized spacial score (nSPS) is 12.8. The van der Waals surface area contributed by atoms with E-state index >= 15 is 0 Å². The van der Waals surface area contributed by atoms with Gasteiger partial charge in [0.2, 0.25) is 10.0 Å². The zero-order chi connectivity index (χ0) is 19.5. The molecule has 1 atom stereocenters. The number of hydrogen-bond acceptors (Lipinski definition) is 5. The largest absolute Gasteiger partial charge is 0.373 e. The highest BCUT2D eigenvalue weighted by Gasteiger charge is 2.23. The minimum absolute atomic E-state index is 0.158. The number of halogens is 1. The molecule has 0 heterocycles. The van der Waals surface area contributed by atoms with Crippen LogP contribution in [0.4, 0.5) is 11.4 Å². The van der Waals surface area contributed by atoms with E-state index in [0.717, 1.165) is 11.6 Å². The molecule has 26 heavy (non-hydrogen) atoms. The van der Waals surface area contributed by atoms with Crippen molar-refractivity contribution in [1.29, 1.82) is 0 Å². The Balaban J connectivity index is 2.38. The van der Waals surface area contributed by atoms with Gasteiger partial charge in [-0.05, 0) is 44.5 Å². The highest BCUT2D eigenvalue weighted by molar-refractivity contribution is 7.89. The molecule has 2 rings (SSSR count). The first-order chi connectivity index (χ1) is 12.1. The van der Waals surface area contributed by atoms with Crippen LogP contribution in [0.1, 0.15) is 32.4 Å². The molecule has 2 aromatic rings. The van der Waals surface area contributed by atoms with Gasteiger partial charge in [-0.2, -0.15) is 0 Å². The topological polar surface area (TPSA) is 101 Å². The average Bonchev–Trinajstić information content (AvgIpc) is 2.53. The van der Waals surface area contributed by atoms with Gasteiger partial charge in [-0.1, -0.05) is 29.8 Å². The molecule has 140 valence electrons. The second kappa shape index (κ2) is 8.03. The van der Waals surface area contributed by atoms with Crippen molar-refractivity contribution in [1.82, 2.24) is 4.72 Å². The molecule has 0 saturated carbocycles. The summed E-state index contributed by atoms with van der Waals surface area (Å²) in [5.41, 5.74) is 0.670. The maximum absolute atomic E-state index is 12.2. The van der Waals surface area contributed by atoms with E-state index in [2.05, 4.69) is 10.0 Å². The fraction of sp³-hybridized carbons (Fsp3) is 0.294. The zero-order valence-electron chi connectivity index (χ0n) is 14.6. The van der Waals surface area contributed by atoms with E-state index in [1.807, 2.05) is 19.1 Å². The molecule has 2 aromatic carbocycles. The van der Waals surface area contributed by atoms with Crippen molar-refractivity contribution in [3.63, 3.8) is 0 Å². The first-order valence-electron chi connectivity index (χ1n) is 7.93. The number of sulfonamides is 1. The van der Waals surface area contributed by atoms with Gasteiger partial charge in [0.05, 0.1) is 15.9 Å². The lowest BCUT2D eigenvalue weighted by molar-refractivity contribution is -0.384. The van der Waals surface area contributed by atoms with Gasteiger partial charge in [0.15, 0.2) is 0 Å². The molecule has 9 heteroatoms. The Morgan fingerprint density at radius 3 is 2.35 bits per heavy atom. The number of rotatable bonds is 7. The fourth-order valence-electron chi connectivity index (χ4n) is 2.47. The van der Waals surface area contributed by atoms with Crippen molar-refractivity contribution in [3.8, 4) is 0 Å². The molecule has 1 unspecified atom stereocenters. The quantitative estimate of drug-likeness (QED) is 0.540. The van der Waals surface area contributed by atoms with Crippen molar-refractivity contribution in [2.45, 2.75) is 37.8 Å². The maximum atomic E-state index is 12.2. The van der Waals surface area contributed by atoms with Crippen LogP contribution >= 0.6 is 11.6 Å². The van der Waals surface area contributed by atoms with E-state index in [-0.39, 0.29) is 28.4 Å². The Kier molecular flexibility index (Phi) is 6.22. The molecule has 0 spiro atoms. The number of nitrogens with one attached hydrogen (secondary N) is 2. The van der Waals surface area contributed by atoms with Crippen LogP contribution in [-0.2, 0) is 10.0 Å². The van der Waals surface area contributed by atoms with Crippen LogP contribution in [0, 0.1) is 10.1 Å². The average molecular weight is 398 g/mol. The predicted molar refractivity (Wildman–Crippen MR) is 102 cm³/mol. The Hall–Kier alpha value is -2.16. The number of nitrogens with zero attached hydrogens (tertiary/aromatic N) is 1. The summed E-state index contributed by atoms with van der Waals surface area (Å²) in [4.78, 5) is 10.7. The molecule has 0 aliphatic rings. The predicted octanol–water partition coefficient (Wildman–Crippen LogP) is 4.11. The molecule has 2 N–H and O–H groups in total. The second-order valence-corrected chi connectivity index (χ2v) is 8.22. The van der Waals surface area contributed by atoms with E-state index < -0.39 is 14.9 Å². The number of hydrogen-bond donors (Lipinski definition) is 2. The summed E-state index contributed by atoms with van der Waals surface area (Å²) in [7, 11) is -3.82. The van der Waals surface area contributed by atoms with Crippen LogP contribution < -0.4 is 10.0 Å². The molecule has 0 bridgehead atoms. The number of anilines is 1. The molecule has 0 fully saturated rings. The highest BCUT2D eigenvalue weighted by Crippen LogP contribution is 2.32. The van der Waals surface area contributed by atoms with Crippen molar-refractivity contribution in [2.24, 2.45) is 0 Å². The van der Waals surface area contributed by atoms with Crippen molar-refractivity contribution in [2.75, 3.05) is 5.32 Å². The van der Waals surface area contributed by atoms with Crippen molar-refractivity contribution >= 4 is 33.0 Å². The van der Waals surface area contributed by atoms with E-state index in [1.165, 1.54) is 12.1 Å². The fourth-order valence-corrected chi connectivity index (χ4v) is 4.04. The van der Waals surface area contributed by atoms with E-state index in [4.69, 9.17) is 11.6 Å². The lowest BCUT2D eigenvalue weighted by atomic mass is 10.1. The minimum atomic E-state index is -3.82. The lowest BCUT2D eigenvalue weighted by Crippen LogP contribution is -2.30. The highest BCUT2D eigenvalue weighted by atomic mass is 35.5. The van der Waals surface area contributed by atoms with E-state index in [0.29, 0.717) is 5.02 Å². The SMILES string of the molecule is CC(C)NS(=O)(=O)c1ccc(NC(C)c2ccccc2Cl)c([N+](=O)[O-])c1. The van der Waals surface area contributed by atoms with Crippen molar-refractivity contribution < 1.29 is 13.3 Å². The van der Waals surface area contributed by atoms with Crippen LogP contribution in [0.5, 0.6) is 0 Å². The molecule has 7 nitrogen and oxygen atoms in total. The third kappa shape index (κ3) is 4.72. The van der Waals surface area contributed by atoms with Crippen LogP contribution in [0.15, 0.2) is 47.4 Å². The Morgan fingerprint density at radius 1 is 1.12 bits per heavy atom. The van der Waals surface area contributed by atoms with E-state index in [9.17, 15) is 18.5 Å². The zero-order valence-corrected chi connectivity index (χ0v) is 16.1. The molecular weight excluding hydrogens is 378 g/mol. The third-order valence-corrected chi connectivity index (χ3v) is 5.61. The van der Waals surface area contributed by atoms with Crippen molar-refractivity contribution in [3.05, 3.63) is 63.2 Å². The summed E-state index contributed by atoms with van der Waals surface area (Å²) < 4.78 is 26.9. The van der Waals surface area contributed by atoms with Gasteiger partial charge >= 0.3 is 0 Å². The molecule has 0 radical (unpaired) electrons. The summed E-state index contributed by atoms with van der Waals surface area (Å²) in [5, 5.41) is 15.0. The van der Waals surface area contributed by atoms with Gasteiger partial charge in [0, 0.05) is 17.1 Å². The molecule has 0 aromatic heterocycles. The summed E-state index contributed by atoms with van der Waals surface area (Å²) in [6.07, 6.45) is 0. The third-order valence-electron chi connectivity index (χ3n) is 3.61. The Bertz CT molecular complexity index is 916. The van der Waals surface area contributed by atoms with Gasteiger partial charge in [-0.25, -0.2) is 13.1 Å². The van der Waals surface area contributed by atoms with Crippen LogP contribution in [0.2, 0.25) is 5.02 Å². The van der Waals surface area contributed by atoms with Gasteiger partial charge in [0.25, 0.3) is 5.69 Å². The van der Waals surface area contributed by atoms with Gasteiger partial charge in [-0.3, -0.25) is 10.1 Å². The summed E-state index contributed by atoms with van der Waals surface area (Å²) in [5.74, 6) is 0. The molecule has 0 aliphatic heterocycles. The van der Waals surface area contributed by atoms with Gasteiger partial charge in [0.1, 0.15) is 5.69 Å². The summed E-state index contributed by atoms with van der Waals surface area (Å²) >= 11 is 6.16. The van der Waals surface area contributed by atoms with Gasteiger partial charge in [-0.15, -0.1) is 0 Å². The molecule has 0 amide bonds. The van der Waals surface area contributed by atoms with E-state index in [1.54, 1.807) is 26.0 Å². The number of nitro groups is 1. The Morgan fingerprint density at radius 2 is 1.77 bits per heavy atom. The minimum Gasteiger partial charge on any atom is -0.373 e. The molecule has 0 aliphatic carbocycles. The maximum Gasteiger partial charge on any atom is 0.293 e. The first kappa shape index (κ1) is 20.2. The second-order valence-electron chi connectivity index (χ2n) is 6.10. The Labute approximate surface area is 157 Å². The molecular formula is C17H20ClN3O4S. The smallest absolute Gasteiger partial charge is 0.293 e. The lowest BCUT2D eigenvalue weighted by Gasteiger charge is -2.17. The van der Waals surface area contributed by atoms with Crippen LogP contribution in [0.3, 0.4) is 0 Å². The number of benzene rings is 2. The van der Waals surface area contributed by atoms with Crippen LogP contribution in [-0.4, -0.2) is 19.4 Å². The molecule has 0 saturated heterocycles. The number of nitro benzene ring substituents is 1. The van der Waals surface area contributed by atoms with Crippen LogP contribution in [0.25, 0.3) is 0 Å². The monoisotopic (exact) mass is 397 g/mol. The standard InChI is InChI=1S/C17H20ClN3O4S/c1-11(2)20-26(24,25)13-8-9-16(17(10-13)21(22)23)19-12(3)14-6-4-5-7-15(14)18/h4-12,19-20H,1-3H3. The summed E-state index contributed by atoms with van der Waals surface area (Å²) in [6.45, 7) is 5.16. The van der Waals surface area contributed by atoms with Gasteiger partial charge < -0.3 is 5.32 Å². The first-order valence-corrected chi connectivity index (χ1v) is 9.79.